The van der Waals surface area contributed by atoms with Crippen LogP contribution >= 0.6 is 11.8 Å². The third-order valence-electron chi connectivity index (χ3n) is 1.97. The molecule has 0 radical (unpaired) electrons. The number of nitrogens with one attached hydrogen (secondary N) is 1. The van der Waals surface area contributed by atoms with Crippen LogP contribution < -0.4 is 5.32 Å². The molecule has 108 valence electrons. The van der Waals surface area contributed by atoms with Gasteiger partial charge in [-0.15, -0.1) is 11.8 Å². The fraction of sp³-hybridized carbons (Fsp3) is 0.200. The van der Waals surface area contributed by atoms with Crippen molar-refractivity contribution < 1.29 is 28.4 Å². The molecule has 0 aliphatic carbocycles. The molecular formula is C10H8F2N2O5S. The molecule has 20 heavy (non-hydrogen) atoms. The first-order chi connectivity index (χ1) is 9.31. The van der Waals surface area contributed by atoms with Crippen LogP contribution in [-0.4, -0.2) is 33.4 Å². The normalized spacial score (nSPS) is 10.1. The Morgan fingerprint density at radius 3 is 2.50 bits per heavy atom. The minimum absolute atomic E-state index is 0.281. The van der Waals surface area contributed by atoms with Crippen molar-refractivity contribution in [3.8, 4) is 0 Å². The minimum atomic E-state index is -1.36. The molecule has 1 aromatic carbocycles. The molecular weight excluding hydrogens is 298 g/mol. The van der Waals surface area contributed by atoms with Gasteiger partial charge in [0.15, 0.2) is 0 Å². The van der Waals surface area contributed by atoms with Crippen molar-refractivity contribution in [1.29, 1.82) is 0 Å². The zero-order valence-corrected chi connectivity index (χ0v) is 10.6. The molecule has 0 aromatic heterocycles. The van der Waals surface area contributed by atoms with Gasteiger partial charge in [-0.1, -0.05) is 0 Å². The summed E-state index contributed by atoms with van der Waals surface area (Å²) in [6, 6.07) is 0.850. The van der Waals surface area contributed by atoms with E-state index in [1.54, 1.807) is 0 Å². The van der Waals surface area contributed by atoms with E-state index in [-0.39, 0.29) is 17.6 Å². The monoisotopic (exact) mass is 306 g/mol. The van der Waals surface area contributed by atoms with Gasteiger partial charge in [-0.25, -0.2) is 4.39 Å². The highest BCUT2D eigenvalue weighted by atomic mass is 32.2. The van der Waals surface area contributed by atoms with Gasteiger partial charge in [0.25, 0.3) is 0 Å². The van der Waals surface area contributed by atoms with Crippen LogP contribution in [0.1, 0.15) is 0 Å². The van der Waals surface area contributed by atoms with Crippen LogP contribution in [0.5, 0.6) is 0 Å². The second kappa shape index (κ2) is 6.80. The van der Waals surface area contributed by atoms with Crippen molar-refractivity contribution in [3.05, 3.63) is 33.9 Å². The number of nitro groups is 1. The molecule has 0 atom stereocenters. The molecule has 10 heteroatoms. The number of nitro benzene ring substituents is 1. The Balaban J connectivity index is 2.76. The van der Waals surface area contributed by atoms with E-state index in [0.29, 0.717) is 6.07 Å². The lowest BCUT2D eigenvalue weighted by molar-refractivity contribution is -0.387. The number of carbonyl (C=O) groups is 2. The molecule has 7 nitrogen and oxygen atoms in total. The number of hydrogen-bond acceptors (Lipinski definition) is 5. The summed E-state index contributed by atoms with van der Waals surface area (Å²) in [6.45, 7) is 0. The van der Waals surface area contributed by atoms with Crippen molar-refractivity contribution in [2.24, 2.45) is 0 Å². The van der Waals surface area contributed by atoms with Crippen LogP contribution in [0.3, 0.4) is 0 Å². The predicted molar refractivity (Wildman–Crippen MR) is 66.6 cm³/mol. The topological polar surface area (TPSA) is 110 Å². The zero-order chi connectivity index (χ0) is 15.3. The maximum atomic E-state index is 13.3. The number of anilines is 1. The molecule has 1 amide bonds. The molecule has 0 aliphatic rings. The minimum Gasteiger partial charge on any atom is -0.481 e. The number of aliphatic carboxylic acids is 1. The van der Waals surface area contributed by atoms with Gasteiger partial charge in [0.1, 0.15) is 5.82 Å². The molecule has 0 heterocycles. The predicted octanol–water partition coefficient (Wildman–Crippen LogP) is 1.63. The number of amides is 1. The van der Waals surface area contributed by atoms with Crippen LogP contribution in [-0.2, 0) is 9.59 Å². The van der Waals surface area contributed by atoms with Gasteiger partial charge in [-0.3, -0.25) is 19.7 Å². The fourth-order valence-corrected chi connectivity index (χ4v) is 1.72. The highest BCUT2D eigenvalue weighted by Crippen LogP contribution is 2.25. The number of hydrogen-bond donors (Lipinski definition) is 2. The van der Waals surface area contributed by atoms with E-state index < -0.39 is 39.8 Å². The highest BCUT2D eigenvalue weighted by Gasteiger charge is 2.19. The smallest absolute Gasteiger partial charge is 0.313 e. The standard InChI is InChI=1S/C10H8F2N2O5S/c11-5-1-6(12)8(14(18)19)2-7(5)13-9(15)3-20-4-10(16)17/h1-2H,3-4H2,(H,13,15)(H,16,17). The average molecular weight is 306 g/mol. The first-order valence-electron chi connectivity index (χ1n) is 5.04. The number of nitrogens with zero attached hydrogens (tertiary/aromatic N) is 1. The lowest BCUT2D eigenvalue weighted by Crippen LogP contribution is -2.16. The molecule has 1 rings (SSSR count). The molecule has 2 N–H and O–H groups in total. The Morgan fingerprint density at radius 2 is 1.95 bits per heavy atom. The third kappa shape index (κ3) is 4.46. The van der Waals surface area contributed by atoms with Crippen molar-refractivity contribution >= 4 is 35.0 Å². The van der Waals surface area contributed by atoms with Crippen molar-refractivity contribution in [2.75, 3.05) is 16.8 Å². The highest BCUT2D eigenvalue weighted by molar-refractivity contribution is 8.00. The van der Waals surface area contributed by atoms with Gasteiger partial charge in [-0.2, -0.15) is 4.39 Å². The Morgan fingerprint density at radius 1 is 1.30 bits per heavy atom. The molecule has 0 saturated carbocycles. The average Bonchev–Trinajstić information content (AvgIpc) is 2.31. The number of carbonyl (C=O) groups excluding carboxylic acids is 1. The first kappa shape index (κ1) is 15.8. The number of halogens is 2. The number of thioether (sulfide) groups is 1. The van der Waals surface area contributed by atoms with Gasteiger partial charge >= 0.3 is 11.7 Å². The summed E-state index contributed by atoms with van der Waals surface area (Å²) >= 11 is 0.766. The number of carboxylic acid groups (broad SMARTS) is 1. The van der Waals surface area contributed by atoms with Gasteiger partial charge in [0, 0.05) is 12.1 Å². The number of benzene rings is 1. The summed E-state index contributed by atoms with van der Waals surface area (Å²) in [5, 5.41) is 20.8. The third-order valence-corrected chi connectivity index (χ3v) is 2.88. The summed E-state index contributed by atoms with van der Waals surface area (Å²) < 4.78 is 26.4. The van der Waals surface area contributed by atoms with Gasteiger partial charge in [0.2, 0.25) is 11.7 Å². The van der Waals surface area contributed by atoms with Crippen molar-refractivity contribution in [1.82, 2.24) is 0 Å². The van der Waals surface area contributed by atoms with Crippen molar-refractivity contribution in [3.63, 3.8) is 0 Å². The quantitative estimate of drug-likeness (QED) is 0.610. The van der Waals surface area contributed by atoms with E-state index in [1.807, 2.05) is 5.32 Å². The van der Waals surface area contributed by atoms with Gasteiger partial charge in [0.05, 0.1) is 22.1 Å². The Hall–Kier alpha value is -2.23. The lowest BCUT2D eigenvalue weighted by atomic mass is 10.2. The fourth-order valence-electron chi connectivity index (χ4n) is 1.19. The molecule has 0 fully saturated rings. The molecule has 0 bridgehead atoms. The summed E-state index contributed by atoms with van der Waals surface area (Å²) in [5.74, 6) is -4.99. The summed E-state index contributed by atoms with van der Waals surface area (Å²) in [5.41, 5.74) is -1.51. The van der Waals surface area contributed by atoms with Crippen LogP contribution in [0.4, 0.5) is 20.2 Å². The van der Waals surface area contributed by atoms with E-state index in [2.05, 4.69) is 0 Å². The van der Waals surface area contributed by atoms with E-state index in [1.165, 1.54) is 0 Å². The van der Waals surface area contributed by atoms with Crippen molar-refractivity contribution in [2.45, 2.75) is 0 Å². The molecule has 0 aliphatic heterocycles. The summed E-state index contributed by atoms with van der Waals surface area (Å²) in [4.78, 5) is 31.0. The molecule has 0 spiro atoms. The largest absolute Gasteiger partial charge is 0.481 e. The van der Waals surface area contributed by atoms with E-state index in [0.717, 1.165) is 11.8 Å². The molecule has 1 aromatic rings. The van der Waals surface area contributed by atoms with Crippen LogP contribution in [0.25, 0.3) is 0 Å². The maximum Gasteiger partial charge on any atom is 0.313 e. The van der Waals surface area contributed by atoms with E-state index >= 15 is 0 Å². The van der Waals surface area contributed by atoms with E-state index in [4.69, 9.17) is 5.11 Å². The number of rotatable bonds is 6. The Labute approximate surface area is 115 Å². The second-order valence-corrected chi connectivity index (χ2v) is 4.46. The lowest BCUT2D eigenvalue weighted by Gasteiger charge is -2.06. The SMILES string of the molecule is O=C(O)CSCC(=O)Nc1cc([N+](=O)[O-])c(F)cc1F. The second-order valence-electron chi connectivity index (χ2n) is 3.48. The van der Waals surface area contributed by atoms with Crippen LogP contribution in [0.15, 0.2) is 12.1 Å². The number of carboxylic acids is 1. The summed E-state index contributed by atoms with van der Waals surface area (Å²) in [7, 11) is 0. The maximum absolute atomic E-state index is 13.3. The van der Waals surface area contributed by atoms with E-state index in [9.17, 15) is 28.5 Å². The first-order valence-corrected chi connectivity index (χ1v) is 6.19. The van der Waals surface area contributed by atoms with Crippen LogP contribution in [0, 0.1) is 21.7 Å². The Kier molecular flexibility index (Phi) is 5.38. The molecule has 0 saturated heterocycles. The Bertz CT molecular complexity index is 567. The van der Waals surface area contributed by atoms with Crippen LogP contribution in [0.2, 0.25) is 0 Å². The summed E-state index contributed by atoms with van der Waals surface area (Å²) in [6.07, 6.45) is 0. The zero-order valence-electron chi connectivity index (χ0n) is 9.76. The molecule has 0 unspecified atom stereocenters. The van der Waals surface area contributed by atoms with Gasteiger partial charge in [-0.05, 0) is 0 Å². The van der Waals surface area contributed by atoms with Gasteiger partial charge < -0.3 is 10.4 Å².